The molecule has 1 N–H and O–H groups in total. The Hall–Kier alpha value is -2.16. The van der Waals surface area contributed by atoms with Crippen molar-refractivity contribution in [1.82, 2.24) is 0 Å². The highest BCUT2D eigenvalue weighted by Gasteiger charge is 2.23. The summed E-state index contributed by atoms with van der Waals surface area (Å²) in [5.74, 6) is -1.13. The molecule has 0 aromatic heterocycles. The molecular formula is C11H14N2O6S. The Bertz CT molecular complexity index is 640. The lowest BCUT2D eigenvalue weighted by Gasteiger charge is -2.20. The van der Waals surface area contributed by atoms with Gasteiger partial charge in [-0.15, -0.1) is 0 Å². The van der Waals surface area contributed by atoms with Gasteiger partial charge in [0.25, 0.3) is 5.69 Å². The highest BCUT2D eigenvalue weighted by Crippen LogP contribution is 2.30. The number of likely N-dealkylation sites (N-methyl/N-ethyl adjacent to an activating group) is 1. The fourth-order valence-electron chi connectivity index (χ4n) is 1.68. The van der Waals surface area contributed by atoms with Crippen LogP contribution in [0.2, 0.25) is 0 Å². The van der Waals surface area contributed by atoms with Gasteiger partial charge in [0.2, 0.25) is 0 Å². The first-order valence-electron chi connectivity index (χ1n) is 5.62. The fraction of sp³-hybridized carbons (Fsp3) is 0.364. The van der Waals surface area contributed by atoms with Gasteiger partial charge in [0.1, 0.15) is 12.2 Å². The molecule has 0 saturated heterocycles. The van der Waals surface area contributed by atoms with E-state index in [1.165, 1.54) is 17.0 Å². The van der Waals surface area contributed by atoms with Crippen LogP contribution in [0.3, 0.4) is 0 Å². The van der Waals surface area contributed by atoms with Crippen LogP contribution in [0.1, 0.15) is 6.92 Å². The van der Waals surface area contributed by atoms with E-state index in [1.54, 1.807) is 6.92 Å². The Morgan fingerprint density at radius 2 is 2.05 bits per heavy atom. The normalized spacial score (nSPS) is 11.1. The number of benzene rings is 1. The van der Waals surface area contributed by atoms with E-state index in [0.29, 0.717) is 0 Å². The number of nitro groups is 1. The second-order valence-corrected chi connectivity index (χ2v) is 6.10. The summed E-state index contributed by atoms with van der Waals surface area (Å²) >= 11 is 0. The molecule has 1 rings (SSSR count). The van der Waals surface area contributed by atoms with Gasteiger partial charge in [-0.3, -0.25) is 14.9 Å². The Kier molecular flexibility index (Phi) is 4.66. The lowest BCUT2D eigenvalue weighted by atomic mass is 10.2. The Labute approximate surface area is 115 Å². The summed E-state index contributed by atoms with van der Waals surface area (Å²) in [6.07, 6.45) is 0.945. The van der Waals surface area contributed by atoms with Crippen LogP contribution in [-0.4, -0.2) is 43.8 Å². The highest BCUT2D eigenvalue weighted by molar-refractivity contribution is 7.90. The number of nitro benzene ring substituents is 1. The van der Waals surface area contributed by atoms with Crippen molar-refractivity contribution in [2.75, 3.05) is 24.2 Å². The molecule has 8 nitrogen and oxygen atoms in total. The van der Waals surface area contributed by atoms with E-state index in [-0.39, 0.29) is 17.1 Å². The maximum absolute atomic E-state index is 11.4. The van der Waals surface area contributed by atoms with Crippen molar-refractivity contribution in [2.45, 2.75) is 11.8 Å². The van der Waals surface area contributed by atoms with E-state index in [2.05, 4.69) is 0 Å². The van der Waals surface area contributed by atoms with E-state index in [9.17, 15) is 23.3 Å². The Morgan fingerprint density at radius 3 is 2.45 bits per heavy atom. The quantitative estimate of drug-likeness (QED) is 0.612. The van der Waals surface area contributed by atoms with Gasteiger partial charge in [-0.05, 0) is 19.1 Å². The predicted molar refractivity (Wildman–Crippen MR) is 71.7 cm³/mol. The van der Waals surface area contributed by atoms with Gasteiger partial charge < -0.3 is 10.0 Å². The molecule has 0 spiro atoms. The summed E-state index contributed by atoms with van der Waals surface area (Å²) in [4.78, 5) is 22.2. The number of carbonyl (C=O) groups is 1. The molecule has 0 heterocycles. The average molecular weight is 302 g/mol. The van der Waals surface area contributed by atoms with Crippen molar-refractivity contribution in [3.05, 3.63) is 28.3 Å². The molecule has 0 aliphatic rings. The van der Waals surface area contributed by atoms with Crippen molar-refractivity contribution in [2.24, 2.45) is 0 Å². The van der Waals surface area contributed by atoms with Crippen LogP contribution in [0, 0.1) is 10.1 Å². The number of nitrogens with zero attached hydrogens (tertiary/aromatic N) is 2. The number of rotatable bonds is 6. The van der Waals surface area contributed by atoms with Crippen LogP contribution in [-0.2, 0) is 14.6 Å². The van der Waals surface area contributed by atoms with Crippen LogP contribution >= 0.6 is 0 Å². The van der Waals surface area contributed by atoms with Gasteiger partial charge in [0.05, 0.1) is 9.82 Å². The molecule has 0 atom stereocenters. The topological polar surface area (TPSA) is 118 Å². The summed E-state index contributed by atoms with van der Waals surface area (Å²) in [5, 5.41) is 19.8. The zero-order valence-electron chi connectivity index (χ0n) is 10.9. The predicted octanol–water partition coefficient (Wildman–Crippen LogP) is 0.909. The maximum Gasteiger partial charge on any atom is 0.323 e. The van der Waals surface area contributed by atoms with Crippen LogP contribution in [0.25, 0.3) is 0 Å². The molecule has 0 radical (unpaired) electrons. The number of carboxylic acids is 1. The molecule has 0 aliphatic carbocycles. The van der Waals surface area contributed by atoms with Crippen molar-refractivity contribution >= 4 is 27.2 Å². The molecule has 0 unspecified atom stereocenters. The molecule has 0 saturated carbocycles. The van der Waals surface area contributed by atoms with Gasteiger partial charge in [-0.2, -0.15) is 0 Å². The Morgan fingerprint density at radius 1 is 1.45 bits per heavy atom. The van der Waals surface area contributed by atoms with Gasteiger partial charge >= 0.3 is 5.97 Å². The number of anilines is 1. The van der Waals surface area contributed by atoms with E-state index in [0.717, 1.165) is 12.3 Å². The zero-order valence-corrected chi connectivity index (χ0v) is 11.8. The lowest BCUT2D eigenvalue weighted by molar-refractivity contribution is -0.384. The standard InChI is InChI=1S/C11H14N2O6S/c1-3-12(7-11(14)15)9-5-4-8(20(2,18)19)6-10(9)13(16)17/h4-6H,3,7H2,1-2H3,(H,14,15). The third-order valence-corrected chi connectivity index (χ3v) is 3.73. The number of carboxylic acid groups (broad SMARTS) is 1. The van der Waals surface area contributed by atoms with Crippen molar-refractivity contribution in [3.63, 3.8) is 0 Å². The third-order valence-electron chi connectivity index (χ3n) is 2.62. The number of hydrogen-bond donors (Lipinski definition) is 1. The third kappa shape index (κ3) is 3.67. The molecule has 20 heavy (non-hydrogen) atoms. The molecule has 1 aromatic carbocycles. The van der Waals surface area contributed by atoms with Gasteiger partial charge in [-0.25, -0.2) is 8.42 Å². The van der Waals surface area contributed by atoms with E-state index >= 15 is 0 Å². The molecule has 0 amide bonds. The molecular weight excluding hydrogens is 288 g/mol. The highest BCUT2D eigenvalue weighted by atomic mass is 32.2. The minimum Gasteiger partial charge on any atom is -0.480 e. The minimum absolute atomic E-state index is 0.0762. The van der Waals surface area contributed by atoms with Gasteiger partial charge in [-0.1, -0.05) is 0 Å². The van der Waals surface area contributed by atoms with Gasteiger partial charge in [0, 0.05) is 18.9 Å². The van der Waals surface area contributed by atoms with Crippen molar-refractivity contribution in [3.8, 4) is 0 Å². The molecule has 110 valence electrons. The smallest absolute Gasteiger partial charge is 0.323 e. The minimum atomic E-state index is -3.57. The lowest BCUT2D eigenvalue weighted by Crippen LogP contribution is -2.29. The van der Waals surface area contributed by atoms with Crippen LogP contribution in [0.5, 0.6) is 0 Å². The first kappa shape index (κ1) is 15.9. The molecule has 1 aromatic rings. The van der Waals surface area contributed by atoms with Gasteiger partial charge in [0.15, 0.2) is 9.84 Å². The van der Waals surface area contributed by atoms with Crippen LogP contribution in [0.15, 0.2) is 23.1 Å². The second kappa shape index (κ2) is 5.87. The SMILES string of the molecule is CCN(CC(=O)O)c1ccc(S(C)(=O)=O)cc1[N+](=O)[O-]. The monoisotopic (exact) mass is 302 g/mol. The molecule has 0 bridgehead atoms. The molecule has 0 aliphatic heterocycles. The first-order valence-corrected chi connectivity index (χ1v) is 7.51. The average Bonchev–Trinajstić information content (AvgIpc) is 2.33. The van der Waals surface area contributed by atoms with Crippen LogP contribution in [0.4, 0.5) is 11.4 Å². The van der Waals surface area contributed by atoms with E-state index < -0.39 is 33.0 Å². The Balaban J connectivity index is 3.40. The number of aliphatic carboxylic acids is 1. The summed E-state index contributed by atoms with van der Waals surface area (Å²) in [7, 11) is -3.57. The largest absolute Gasteiger partial charge is 0.480 e. The summed E-state index contributed by atoms with van der Waals surface area (Å²) < 4.78 is 22.8. The zero-order chi connectivity index (χ0) is 15.5. The second-order valence-electron chi connectivity index (χ2n) is 4.09. The summed E-state index contributed by atoms with van der Waals surface area (Å²) in [5.41, 5.74) is -0.358. The summed E-state index contributed by atoms with van der Waals surface area (Å²) in [6.45, 7) is 1.48. The number of hydrogen-bond acceptors (Lipinski definition) is 6. The first-order chi connectivity index (χ1) is 9.16. The van der Waals surface area contributed by atoms with E-state index in [4.69, 9.17) is 5.11 Å². The summed E-state index contributed by atoms with van der Waals surface area (Å²) in [6, 6.07) is 3.41. The number of sulfone groups is 1. The van der Waals surface area contributed by atoms with Crippen LogP contribution < -0.4 is 4.90 Å². The van der Waals surface area contributed by atoms with E-state index in [1.807, 2.05) is 0 Å². The molecule has 9 heteroatoms. The molecule has 0 fully saturated rings. The van der Waals surface area contributed by atoms with Crippen molar-refractivity contribution < 1.29 is 23.2 Å². The maximum atomic E-state index is 11.4. The fourth-order valence-corrected chi connectivity index (χ4v) is 2.32. The van der Waals surface area contributed by atoms with Crippen molar-refractivity contribution in [1.29, 1.82) is 0 Å².